The molecule has 0 bridgehead atoms. The molecule has 4 saturated carbocycles. The highest BCUT2D eigenvalue weighted by molar-refractivity contribution is 5.84. The Morgan fingerprint density at radius 2 is 1.96 bits per heavy atom. The van der Waals surface area contributed by atoms with Gasteiger partial charge in [-0.25, -0.2) is 0 Å². The maximum atomic E-state index is 13.5. The van der Waals surface area contributed by atoms with Gasteiger partial charge in [0, 0.05) is 24.7 Å². The minimum absolute atomic E-state index is 0.00250. The van der Waals surface area contributed by atoms with Gasteiger partial charge < -0.3 is 9.84 Å². The number of carbonyl (C=O) groups excluding carboxylic acids is 2. The third kappa shape index (κ3) is 2.69. The topological polar surface area (TPSA) is 63.6 Å². The number of Topliss-reactive ketones (excluding diaryl/α,β-unsaturated/α-hetero) is 1. The van der Waals surface area contributed by atoms with E-state index in [0.717, 1.165) is 44.9 Å². The van der Waals surface area contributed by atoms with E-state index in [1.165, 1.54) is 6.92 Å². The highest BCUT2D eigenvalue weighted by Crippen LogP contribution is 2.66. The van der Waals surface area contributed by atoms with Gasteiger partial charge in [-0.15, -0.1) is 6.42 Å². The Hall–Kier alpha value is -1.34. The van der Waals surface area contributed by atoms with Gasteiger partial charge in [-0.05, 0) is 74.5 Å². The molecule has 28 heavy (non-hydrogen) atoms. The quantitative estimate of drug-likeness (QED) is 0.548. The molecule has 0 aromatic rings. The molecule has 4 heteroatoms. The lowest BCUT2D eigenvalue weighted by Gasteiger charge is -2.63. The minimum atomic E-state index is -1.17. The third-order valence-corrected chi connectivity index (χ3v) is 9.27. The van der Waals surface area contributed by atoms with Crippen molar-refractivity contribution in [3.63, 3.8) is 0 Å². The number of ether oxygens (including phenoxy) is 1. The SMILES string of the molecule is C#C[C@@]1(O)CCC[C@@H]2[C@@H]3CC[C@@H]4C[C@@H](OC(C)=O)CC[C@@]4(C)[C@H]3C(=O)C[C@]21C. The van der Waals surface area contributed by atoms with E-state index in [9.17, 15) is 14.7 Å². The second-order valence-electron chi connectivity index (χ2n) is 10.5. The predicted octanol–water partition coefficient (Wildman–Crippen LogP) is 3.89. The molecule has 8 atom stereocenters. The summed E-state index contributed by atoms with van der Waals surface area (Å²) in [5, 5.41) is 11.2. The van der Waals surface area contributed by atoms with Gasteiger partial charge in [0.25, 0.3) is 0 Å². The highest BCUT2D eigenvalue weighted by Gasteiger charge is 2.65. The first kappa shape index (κ1) is 20.0. The molecule has 0 aromatic carbocycles. The second kappa shape index (κ2) is 6.59. The van der Waals surface area contributed by atoms with Crippen molar-refractivity contribution in [3.05, 3.63) is 0 Å². The van der Waals surface area contributed by atoms with E-state index in [4.69, 9.17) is 11.2 Å². The van der Waals surface area contributed by atoms with Crippen molar-refractivity contribution in [2.45, 2.75) is 90.3 Å². The molecule has 4 nitrogen and oxygen atoms in total. The van der Waals surface area contributed by atoms with Crippen molar-refractivity contribution >= 4 is 11.8 Å². The first-order valence-corrected chi connectivity index (χ1v) is 11.0. The van der Waals surface area contributed by atoms with Crippen LogP contribution in [0.4, 0.5) is 0 Å². The summed E-state index contributed by atoms with van der Waals surface area (Å²) in [4.78, 5) is 24.9. The average Bonchev–Trinajstić information content (AvgIpc) is 2.62. The van der Waals surface area contributed by atoms with Gasteiger partial charge >= 0.3 is 5.97 Å². The maximum Gasteiger partial charge on any atom is 0.302 e. The van der Waals surface area contributed by atoms with Crippen LogP contribution in [-0.2, 0) is 14.3 Å². The molecule has 4 rings (SSSR count). The number of fused-ring (bicyclic) bond motifs is 5. The van der Waals surface area contributed by atoms with Gasteiger partial charge in [0.15, 0.2) is 0 Å². The minimum Gasteiger partial charge on any atom is -0.463 e. The number of hydrogen-bond donors (Lipinski definition) is 1. The maximum absolute atomic E-state index is 13.5. The molecule has 0 aliphatic heterocycles. The zero-order valence-electron chi connectivity index (χ0n) is 17.5. The summed E-state index contributed by atoms with van der Waals surface area (Å²) >= 11 is 0. The fourth-order valence-electron chi connectivity index (χ4n) is 7.83. The lowest BCUT2D eigenvalue weighted by molar-refractivity contribution is -0.193. The van der Waals surface area contributed by atoms with Crippen LogP contribution in [0.2, 0.25) is 0 Å². The summed E-state index contributed by atoms with van der Waals surface area (Å²) in [6.45, 7) is 5.85. The van der Waals surface area contributed by atoms with Crippen LogP contribution in [0.15, 0.2) is 0 Å². The summed E-state index contributed by atoms with van der Waals surface area (Å²) in [5.41, 5.74) is -1.69. The first-order valence-electron chi connectivity index (χ1n) is 11.0. The lowest BCUT2D eigenvalue weighted by atomic mass is 9.40. The van der Waals surface area contributed by atoms with Gasteiger partial charge in [0.05, 0.1) is 0 Å². The molecule has 0 amide bonds. The fourth-order valence-corrected chi connectivity index (χ4v) is 7.83. The summed E-state index contributed by atoms with van der Waals surface area (Å²) in [5.74, 6) is 3.89. The Morgan fingerprint density at radius 3 is 2.64 bits per heavy atom. The van der Waals surface area contributed by atoms with Crippen molar-refractivity contribution in [2.75, 3.05) is 0 Å². The summed E-state index contributed by atoms with van der Waals surface area (Å²) < 4.78 is 5.51. The molecule has 0 radical (unpaired) electrons. The van der Waals surface area contributed by atoms with E-state index in [1.54, 1.807) is 0 Å². The molecule has 1 N–H and O–H groups in total. The Morgan fingerprint density at radius 1 is 1.21 bits per heavy atom. The molecular formula is C24H34O4. The Labute approximate surface area is 168 Å². The largest absolute Gasteiger partial charge is 0.463 e. The Kier molecular flexibility index (Phi) is 4.70. The summed E-state index contributed by atoms with van der Waals surface area (Å²) in [7, 11) is 0. The van der Waals surface area contributed by atoms with Crippen molar-refractivity contribution in [1.82, 2.24) is 0 Å². The Balaban J connectivity index is 1.63. The zero-order valence-corrected chi connectivity index (χ0v) is 17.5. The van der Waals surface area contributed by atoms with Gasteiger partial charge in [0.2, 0.25) is 0 Å². The normalized spacial score (nSPS) is 50.5. The van der Waals surface area contributed by atoms with Crippen LogP contribution in [0.5, 0.6) is 0 Å². The molecule has 4 aliphatic rings. The van der Waals surface area contributed by atoms with E-state index in [-0.39, 0.29) is 23.4 Å². The van der Waals surface area contributed by atoms with Crippen LogP contribution in [0.1, 0.15) is 78.6 Å². The van der Waals surface area contributed by atoms with E-state index in [1.807, 2.05) is 0 Å². The van der Waals surface area contributed by atoms with Crippen LogP contribution in [0.3, 0.4) is 0 Å². The molecule has 0 saturated heterocycles. The number of ketones is 1. The fraction of sp³-hybridized carbons (Fsp3) is 0.833. The Bertz CT molecular complexity index is 723. The standard InChI is InChI=1S/C24H34O4/c1-5-24(27)11-6-7-19-18-9-8-16-13-17(28-15(2)25)10-12-22(16,3)21(18)20(26)14-23(19,24)4/h1,16-19,21,27H,6-14H2,2-4H3/t16-,17+,18+,19-,21-,22-,23-,24-/m1/s1. The van der Waals surface area contributed by atoms with E-state index in [2.05, 4.69) is 19.8 Å². The second-order valence-corrected chi connectivity index (χ2v) is 10.5. The molecule has 154 valence electrons. The third-order valence-electron chi connectivity index (χ3n) is 9.27. The predicted molar refractivity (Wildman–Crippen MR) is 106 cm³/mol. The van der Waals surface area contributed by atoms with Crippen LogP contribution in [-0.4, -0.2) is 28.6 Å². The number of esters is 1. The van der Waals surface area contributed by atoms with Crippen molar-refractivity contribution < 1.29 is 19.4 Å². The van der Waals surface area contributed by atoms with Crippen LogP contribution >= 0.6 is 0 Å². The molecule has 4 aliphatic carbocycles. The summed E-state index contributed by atoms with van der Waals surface area (Å²) in [6, 6.07) is 0. The van der Waals surface area contributed by atoms with Gasteiger partial charge in [-0.3, -0.25) is 9.59 Å². The van der Waals surface area contributed by atoms with Gasteiger partial charge in [-0.2, -0.15) is 0 Å². The molecule has 0 aromatic heterocycles. The van der Waals surface area contributed by atoms with Crippen LogP contribution < -0.4 is 0 Å². The lowest BCUT2D eigenvalue weighted by Crippen LogP contribution is -2.64. The van der Waals surface area contributed by atoms with Crippen LogP contribution in [0, 0.1) is 46.8 Å². The molecule has 0 unspecified atom stereocenters. The summed E-state index contributed by atoms with van der Waals surface area (Å²) in [6.07, 6.45) is 13.5. The molecule has 0 spiro atoms. The number of carbonyl (C=O) groups is 2. The average molecular weight is 387 g/mol. The van der Waals surface area contributed by atoms with Crippen LogP contribution in [0.25, 0.3) is 0 Å². The van der Waals surface area contributed by atoms with Gasteiger partial charge in [-0.1, -0.05) is 19.8 Å². The van der Waals surface area contributed by atoms with Gasteiger partial charge in [0.1, 0.15) is 17.5 Å². The zero-order chi connectivity index (χ0) is 20.3. The number of hydrogen-bond acceptors (Lipinski definition) is 4. The smallest absolute Gasteiger partial charge is 0.302 e. The van der Waals surface area contributed by atoms with Crippen molar-refractivity contribution in [1.29, 1.82) is 0 Å². The van der Waals surface area contributed by atoms with E-state index >= 15 is 0 Å². The highest BCUT2D eigenvalue weighted by atomic mass is 16.5. The van der Waals surface area contributed by atoms with Crippen molar-refractivity contribution in [3.8, 4) is 12.3 Å². The van der Waals surface area contributed by atoms with Crippen molar-refractivity contribution in [2.24, 2.45) is 34.5 Å². The number of terminal acetylenes is 1. The monoisotopic (exact) mass is 386 g/mol. The van der Waals surface area contributed by atoms with E-state index in [0.29, 0.717) is 36.4 Å². The first-order chi connectivity index (χ1) is 13.1. The number of rotatable bonds is 1. The molecule has 4 fully saturated rings. The molecule has 0 heterocycles. The molecular weight excluding hydrogens is 352 g/mol. The van der Waals surface area contributed by atoms with E-state index < -0.39 is 11.0 Å². The number of aliphatic hydroxyl groups is 1.